The predicted octanol–water partition coefficient (Wildman–Crippen LogP) is 2.47. The van der Waals surface area contributed by atoms with Crippen LogP contribution in [0, 0.1) is 0 Å². The lowest BCUT2D eigenvalue weighted by Gasteiger charge is -2.25. The SMILES string of the molecule is [N-]=[N+]=N[C@@]1(COP(=O)(O)OP(=O)(O)OP(=O)(O)O)CC[C@H](c2csc3c(N)ncnc23)O1. The summed E-state index contributed by atoms with van der Waals surface area (Å²) < 4.78 is 52.3. The Morgan fingerprint density at radius 1 is 1.28 bits per heavy atom. The summed E-state index contributed by atoms with van der Waals surface area (Å²) >= 11 is 1.26. The number of thiophene rings is 1. The summed E-state index contributed by atoms with van der Waals surface area (Å²) in [4.78, 5) is 46.6. The Balaban J connectivity index is 1.75. The lowest BCUT2D eigenvalue weighted by Crippen LogP contribution is -2.30. The molecule has 0 bridgehead atoms. The molecule has 3 rings (SSSR count). The van der Waals surface area contributed by atoms with Crippen LogP contribution in [0.1, 0.15) is 24.5 Å². The minimum absolute atomic E-state index is 0.00933. The number of phosphoric acid groups is 3. The van der Waals surface area contributed by atoms with Crippen LogP contribution in [0.5, 0.6) is 0 Å². The molecule has 0 amide bonds. The van der Waals surface area contributed by atoms with E-state index in [1.807, 2.05) is 0 Å². The summed E-state index contributed by atoms with van der Waals surface area (Å²) in [6.45, 7) is -0.906. The molecule has 1 fully saturated rings. The Labute approximate surface area is 182 Å². The quantitative estimate of drug-likeness (QED) is 0.134. The molecule has 1 saturated heterocycles. The van der Waals surface area contributed by atoms with Crippen LogP contribution < -0.4 is 5.73 Å². The average Bonchev–Trinajstić information content (AvgIpc) is 3.23. The van der Waals surface area contributed by atoms with Gasteiger partial charge in [0.15, 0.2) is 5.72 Å². The van der Waals surface area contributed by atoms with Crippen LogP contribution in [0.3, 0.4) is 0 Å². The van der Waals surface area contributed by atoms with Crippen molar-refractivity contribution < 1.29 is 51.2 Å². The second-order valence-electron chi connectivity index (χ2n) is 6.27. The zero-order chi connectivity index (χ0) is 23.8. The highest BCUT2D eigenvalue weighted by molar-refractivity contribution is 7.66. The molecule has 0 spiro atoms. The van der Waals surface area contributed by atoms with Gasteiger partial charge < -0.3 is 30.0 Å². The molecule has 0 radical (unpaired) electrons. The first-order valence-electron chi connectivity index (χ1n) is 8.25. The van der Waals surface area contributed by atoms with Crippen LogP contribution in [0.2, 0.25) is 0 Å². The number of nitrogens with zero attached hydrogens (tertiary/aromatic N) is 5. The Bertz CT molecular complexity index is 1210. The summed E-state index contributed by atoms with van der Waals surface area (Å²) in [5.74, 6) is 0.262. The first kappa shape index (κ1) is 25.1. The number of aromatic nitrogens is 2. The van der Waals surface area contributed by atoms with Crippen molar-refractivity contribution in [2.75, 3.05) is 12.3 Å². The van der Waals surface area contributed by atoms with Crippen molar-refractivity contribution >= 4 is 50.8 Å². The van der Waals surface area contributed by atoms with E-state index in [1.165, 1.54) is 17.7 Å². The lowest BCUT2D eigenvalue weighted by molar-refractivity contribution is -0.0677. The fourth-order valence-corrected chi connectivity index (χ4v) is 6.87. The van der Waals surface area contributed by atoms with Crippen LogP contribution in [0.25, 0.3) is 20.7 Å². The molecule has 1 aliphatic heterocycles. The van der Waals surface area contributed by atoms with Gasteiger partial charge in [0.2, 0.25) is 0 Å². The van der Waals surface area contributed by atoms with Gasteiger partial charge in [-0.25, -0.2) is 23.7 Å². The molecule has 2 unspecified atom stereocenters. The first-order valence-corrected chi connectivity index (χ1v) is 13.6. The molecule has 4 atom stereocenters. The van der Waals surface area contributed by atoms with Gasteiger partial charge in [-0.05, 0) is 23.8 Å². The molecule has 2 aromatic heterocycles. The Morgan fingerprint density at radius 2 is 2.00 bits per heavy atom. The van der Waals surface area contributed by atoms with Gasteiger partial charge in [-0.15, -0.1) is 11.3 Å². The minimum atomic E-state index is -5.69. The molecular formula is C11H15N6O11P3S. The molecule has 3 heterocycles. The van der Waals surface area contributed by atoms with Crippen molar-refractivity contribution in [3.63, 3.8) is 0 Å². The van der Waals surface area contributed by atoms with Crippen LogP contribution >= 0.6 is 34.8 Å². The number of nitrogens with two attached hydrogens (primary N) is 1. The zero-order valence-electron chi connectivity index (χ0n) is 15.6. The summed E-state index contributed by atoms with van der Waals surface area (Å²) in [6, 6.07) is 0. The number of fused-ring (bicyclic) bond motifs is 1. The van der Waals surface area contributed by atoms with Crippen molar-refractivity contribution in [2.45, 2.75) is 24.7 Å². The summed E-state index contributed by atoms with van der Waals surface area (Å²) in [5, 5.41) is 5.19. The van der Waals surface area contributed by atoms with Crippen molar-refractivity contribution in [1.29, 1.82) is 0 Å². The molecule has 17 nitrogen and oxygen atoms in total. The highest BCUT2D eigenvalue weighted by Gasteiger charge is 2.46. The molecule has 1 aliphatic rings. The second kappa shape index (κ2) is 9.05. The van der Waals surface area contributed by atoms with Crippen LogP contribution in [-0.4, -0.2) is 41.9 Å². The standard InChI is InChI=1S/C11H15N6O11P3S/c12-10-9-8(14-5-15-10)6(3-32-9)7-1-2-11(26-7,16-17-13)4-25-30(21,22)28-31(23,24)27-29(18,19)20/h3,5,7H,1-2,4H2,(H,21,22)(H,23,24)(H2,12,14,15)(H2,18,19,20)/t7-,11+/m1/s1. The third kappa shape index (κ3) is 6.10. The fourth-order valence-electron chi connectivity index (χ4n) is 2.85. The maximum atomic E-state index is 12.0. The van der Waals surface area contributed by atoms with Gasteiger partial charge in [0.05, 0.1) is 22.9 Å². The first-order chi connectivity index (χ1) is 14.7. The van der Waals surface area contributed by atoms with Gasteiger partial charge in [0, 0.05) is 10.5 Å². The maximum Gasteiger partial charge on any atom is 0.490 e. The highest BCUT2D eigenvalue weighted by Crippen LogP contribution is 2.66. The monoisotopic (exact) mass is 532 g/mol. The van der Waals surface area contributed by atoms with Crippen LogP contribution in [0.15, 0.2) is 16.8 Å². The topological polar surface area (TPSA) is 270 Å². The van der Waals surface area contributed by atoms with Crippen LogP contribution in [-0.2, 0) is 31.6 Å². The second-order valence-corrected chi connectivity index (χ2v) is 11.6. The molecule has 0 saturated carbocycles. The number of hydrogen-bond donors (Lipinski definition) is 5. The summed E-state index contributed by atoms with van der Waals surface area (Å²) in [7, 11) is -16.6. The van der Waals surface area contributed by atoms with Crippen molar-refractivity contribution in [3.8, 4) is 0 Å². The molecule has 6 N–H and O–H groups in total. The number of nitrogen functional groups attached to an aromatic ring is 1. The number of rotatable bonds is 9. The number of phosphoric ester groups is 1. The maximum absolute atomic E-state index is 12.0. The predicted molar refractivity (Wildman–Crippen MR) is 107 cm³/mol. The number of ether oxygens (including phenoxy) is 1. The van der Waals surface area contributed by atoms with Crippen molar-refractivity contribution in [3.05, 3.63) is 27.7 Å². The van der Waals surface area contributed by atoms with E-state index in [0.717, 1.165) is 0 Å². The molecule has 0 aromatic carbocycles. The molecule has 2 aromatic rings. The average molecular weight is 532 g/mol. The fraction of sp³-hybridized carbons (Fsp3) is 0.455. The van der Waals surface area contributed by atoms with E-state index >= 15 is 0 Å². The number of hydrogen-bond acceptors (Lipinski definition) is 12. The lowest BCUT2D eigenvalue weighted by atomic mass is 10.1. The van der Waals surface area contributed by atoms with E-state index in [4.69, 9.17) is 25.8 Å². The molecule has 0 aliphatic carbocycles. The van der Waals surface area contributed by atoms with Gasteiger partial charge >= 0.3 is 23.5 Å². The smallest absolute Gasteiger partial charge is 0.382 e. The molecular weight excluding hydrogens is 517 g/mol. The largest absolute Gasteiger partial charge is 0.490 e. The Hall–Kier alpha value is -1.48. The van der Waals surface area contributed by atoms with E-state index in [0.29, 0.717) is 15.8 Å². The van der Waals surface area contributed by atoms with Crippen molar-refractivity contribution in [2.24, 2.45) is 5.11 Å². The number of azide groups is 1. The highest BCUT2D eigenvalue weighted by atomic mass is 32.1. The number of anilines is 1. The van der Waals surface area contributed by atoms with E-state index < -0.39 is 41.9 Å². The molecule has 176 valence electrons. The summed E-state index contributed by atoms with van der Waals surface area (Å²) in [5.41, 5.74) is 14.0. The van der Waals surface area contributed by atoms with E-state index in [1.54, 1.807) is 5.38 Å². The van der Waals surface area contributed by atoms with Gasteiger partial charge in [-0.1, -0.05) is 5.11 Å². The van der Waals surface area contributed by atoms with Gasteiger partial charge in [-0.3, -0.25) is 4.52 Å². The van der Waals surface area contributed by atoms with Gasteiger partial charge in [0.1, 0.15) is 12.1 Å². The molecule has 21 heteroatoms. The van der Waals surface area contributed by atoms with E-state index in [-0.39, 0.29) is 18.7 Å². The van der Waals surface area contributed by atoms with Gasteiger partial charge in [-0.2, -0.15) is 8.62 Å². The molecule has 32 heavy (non-hydrogen) atoms. The zero-order valence-corrected chi connectivity index (χ0v) is 19.1. The Morgan fingerprint density at radius 3 is 2.66 bits per heavy atom. The van der Waals surface area contributed by atoms with E-state index in [9.17, 15) is 23.5 Å². The van der Waals surface area contributed by atoms with Gasteiger partial charge in [0.25, 0.3) is 0 Å². The normalized spacial score (nSPS) is 25.2. The van der Waals surface area contributed by atoms with Crippen molar-refractivity contribution in [1.82, 2.24) is 9.97 Å². The third-order valence-corrected chi connectivity index (χ3v) is 8.80. The third-order valence-electron chi connectivity index (χ3n) is 4.01. The summed E-state index contributed by atoms with van der Waals surface area (Å²) in [6.07, 6.45) is 0.871. The van der Waals surface area contributed by atoms with E-state index in [2.05, 4.69) is 33.1 Å². The van der Waals surface area contributed by atoms with Crippen LogP contribution in [0.4, 0.5) is 5.82 Å². The Kier molecular flexibility index (Phi) is 7.11. The minimum Gasteiger partial charge on any atom is -0.382 e.